The van der Waals surface area contributed by atoms with Crippen molar-refractivity contribution in [3.05, 3.63) is 65.7 Å². The summed E-state index contributed by atoms with van der Waals surface area (Å²) >= 11 is 0. The molecular formula is C19H15N3O2. The number of fused-ring (bicyclic) bond motifs is 1. The monoisotopic (exact) mass is 317 g/mol. The van der Waals surface area contributed by atoms with Gasteiger partial charge in [0.2, 0.25) is 11.7 Å². The minimum absolute atomic E-state index is 0.0703. The number of ketones is 1. The molecule has 1 fully saturated rings. The lowest BCUT2D eigenvalue weighted by Crippen LogP contribution is -1.92. The zero-order chi connectivity index (χ0) is 16.5. The van der Waals surface area contributed by atoms with Gasteiger partial charge in [-0.05, 0) is 37.3 Å². The molecule has 0 aliphatic carbocycles. The summed E-state index contributed by atoms with van der Waals surface area (Å²) in [4.78, 5) is 23.9. The van der Waals surface area contributed by atoms with Gasteiger partial charge in [0.25, 0.3) is 0 Å². The van der Waals surface area contributed by atoms with Crippen molar-refractivity contribution in [1.29, 1.82) is 0 Å². The van der Waals surface area contributed by atoms with Crippen LogP contribution in [0.1, 0.15) is 17.5 Å². The lowest BCUT2D eigenvalue weighted by Gasteiger charge is -1.99. The van der Waals surface area contributed by atoms with Crippen LogP contribution in [0.2, 0.25) is 0 Å². The Morgan fingerprint density at radius 2 is 2.08 bits per heavy atom. The van der Waals surface area contributed by atoms with Crippen LogP contribution in [0.4, 0.5) is 5.69 Å². The number of aromatic nitrogens is 2. The van der Waals surface area contributed by atoms with E-state index in [0.29, 0.717) is 11.7 Å². The van der Waals surface area contributed by atoms with Gasteiger partial charge >= 0.3 is 0 Å². The fraction of sp³-hybridized carbons (Fsp3) is 0.105. The van der Waals surface area contributed by atoms with E-state index in [0.717, 1.165) is 27.8 Å². The first-order valence-electron chi connectivity index (χ1n) is 7.68. The molecule has 3 heterocycles. The average Bonchev–Trinajstić information content (AvgIpc) is 3.14. The fourth-order valence-corrected chi connectivity index (χ4v) is 2.62. The number of ether oxygens (including phenoxy) is 1. The fourth-order valence-electron chi connectivity index (χ4n) is 2.62. The summed E-state index contributed by atoms with van der Waals surface area (Å²) in [6.07, 6.45) is 5.45. The molecule has 0 spiro atoms. The molecule has 2 aromatic heterocycles. The number of carbonyl (C=O) groups is 1. The van der Waals surface area contributed by atoms with Gasteiger partial charge in [0.1, 0.15) is 5.65 Å². The van der Waals surface area contributed by atoms with Gasteiger partial charge in [-0.25, -0.2) is 9.98 Å². The standard InChI is InChI=1S/C19H15N3O2/c1-12-4-6-14(7-5-12)22-18-10-16(23)17(24-18)9-13-11-21-19-15(13)3-2-8-20-19/h2-9,11H,10H2,1H3,(H,20,21)/b17-9-,22-18?. The van der Waals surface area contributed by atoms with Crippen molar-refractivity contribution in [3.8, 4) is 0 Å². The molecule has 3 aromatic rings. The zero-order valence-electron chi connectivity index (χ0n) is 13.1. The zero-order valence-corrected chi connectivity index (χ0v) is 13.1. The first-order valence-corrected chi connectivity index (χ1v) is 7.68. The number of rotatable bonds is 2. The van der Waals surface area contributed by atoms with Crippen LogP contribution in [0.15, 0.2) is 59.5 Å². The molecule has 5 nitrogen and oxygen atoms in total. The molecule has 1 saturated heterocycles. The van der Waals surface area contributed by atoms with E-state index < -0.39 is 0 Å². The minimum Gasteiger partial charge on any atom is -0.439 e. The average molecular weight is 317 g/mol. The van der Waals surface area contributed by atoms with Crippen molar-refractivity contribution >= 4 is 34.5 Å². The second kappa shape index (κ2) is 5.77. The number of hydrogen-bond donors (Lipinski definition) is 1. The first-order chi connectivity index (χ1) is 11.7. The summed E-state index contributed by atoms with van der Waals surface area (Å²) in [5.74, 6) is 0.665. The van der Waals surface area contributed by atoms with Crippen molar-refractivity contribution in [2.75, 3.05) is 0 Å². The van der Waals surface area contributed by atoms with E-state index in [1.807, 2.05) is 49.5 Å². The molecule has 1 N–H and O–H groups in total. The maximum atomic E-state index is 12.2. The number of benzene rings is 1. The molecule has 0 atom stereocenters. The van der Waals surface area contributed by atoms with Gasteiger partial charge in [0, 0.05) is 23.3 Å². The van der Waals surface area contributed by atoms with E-state index >= 15 is 0 Å². The van der Waals surface area contributed by atoms with Crippen molar-refractivity contribution in [3.63, 3.8) is 0 Å². The molecule has 0 radical (unpaired) electrons. The summed E-state index contributed by atoms with van der Waals surface area (Å²) in [6.45, 7) is 2.02. The smallest absolute Gasteiger partial charge is 0.207 e. The maximum Gasteiger partial charge on any atom is 0.207 e. The van der Waals surface area contributed by atoms with Gasteiger partial charge in [-0.15, -0.1) is 0 Å². The summed E-state index contributed by atoms with van der Waals surface area (Å²) in [7, 11) is 0. The summed E-state index contributed by atoms with van der Waals surface area (Å²) in [6, 6.07) is 11.6. The third-order valence-electron chi connectivity index (χ3n) is 3.87. The van der Waals surface area contributed by atoms with Gasteiger partial charge in [-0.1, -0.05) is 17.7 Å². The Labute approximate surface area is 138 Å². The normalized spacial score (nSPS) is 17.8. The molecule has 0 amide bonds. The molecule has 1 aromatic carbocycles. The SMILES string of the molecule is Cc1ccc(N=C2CC(=O)/C(=C/c3c[nH]c4ncccc34)O2)cc1. The van der Waals surface area contributed by atoms with Gasteiger partial charge in [0.15, 0.2) is 5.76 Å². The number of H-pyrrole nitrogens is 1. The van der Waals surface area contributed by atoms with Crippen LogP contribution < -0.4 is 0 Å². The first kappa shape index (κ1) is 14.4. The second-order valence-corrected chi connectivity index (χ2v) is 5.70. The van der Waals surface area contributed by atoms with Gasteiger partial charge in [0.05, 0.1) is 12.1 Å². The van der Waals surface area contributed by atoms with E-state index in [2.05, 4.69) is 15.0 Å². The Balaban J connectivity index is 1.63. The highest BCUT2D eigenvalue weighted by atomic mass is 16.5. The Morgan fingerprint density at radius 3 is 2.92 bits per heavy atom. The number of carbonyl (C=O) groups excluding carboxylic acids is 1. The second-order valence-electron chi connectivity index (χ2n) is 5.70. The number of nitrogens with zero attached hydrogens (tertiary/aromatic N) is 2. The number of pyridine rings is 1. The van der Waals surface area contributed by atoms with Gasteiger partial charge in [-0.2, -0.15) is 0 Å². The molecular weight excluding hydrogens is 302 g/mol. The number of aromatic amines is 1. The van der Waals surface area contributed by atoms with Crippen molar-refractivity contribution in [2.45, 2.75) is 13.3 Å². The number of Topliss-reactive ketones (excluding diaryl/α,β-unsaturated/α-hetero) is 1. The molecule has 1 aliphatic rings. The topological polar surface area (TPSA) is 67.3 Å². The number of aliphatic imine (C=N–C) groups is 1. The van der Waals surface area contributed by atoms with Crippen LogP contribution in [0.5, 0.6) is 0 Å². The molecule has 0 bridgehead atoms. The number of hydrogen-bond acceptors (Lipinski definition) is 4. The van der Waals surface area contributed by atoms with Gasteiger partial charge < -0.3 is 9.72 Å². The Hall–Kier alpha value is -3.21. The van der Waals surface area contributed by atoms with Crippen LogP contribution in [-0.2, 0) is 9.53 Å². The predicted octanol–water partition coefficient (Wildman–Crippen LogP) is 3.93. The quantitative estimate of drug-likeness (QED) is 0.728. The molecule has 0 saturated carbocycles. The summed E-state index contributed by atoms with van der Waals surface area (Å²) in [5, 5.41) is 0.949. The molecule has 5 heteroatoms. The Bertz CT molecular complexity index is 981. The number of aryl methyl sites for hydroxylation is 1. The van der Waals surface area contributed by atoms with Crippen LogP contribution in [-0.4, -0.2) is 21.6 Å². The van der Waals surface area contributed by atoms with Crippen LogP contribution in [0.3, 0.4) is 0 Å². The Morgan fingerprint density at radius 1 is 1.25 bits per heavy atom. The molecule has 118 valence electrons. The molecule has 1 aliphatic heterocycles. The van der Waals surface area contributed by atoms with Crippen molar-refractivity contribution in [1.82, 2.24) is 9.97 Å². The molecule has 4 rings (SSSR count). The van der Waals surface area contributed by atoms with Crippen LogP contribution in [0.25, 0.3) is 17.1 Å². The summed E-state index contributed by atoms with van der Waals surface area (Å²) < 4.78 is 5.66. The van der Waals surface area contributed by atoms with E-state index in [-0.39, 0.29) is 12.2 Å². The highest BCUT2D eigenvalue weighted by Gasteiger charge is 2.26. The lowest BCUT2D eigenvalue weighted by atomic mass is 10.1. The van der Waals surface area contributed by atoms with E-state index in [1.165, 1.54) is 0 Å². The van der Waals surface area contributed by atoms with Crippen LogP contribution in [0, 0.1) is 6.92 Å². The van der Waals surface area contributed by atoms with Crippen molar-refractivity contribution < 1.29 is 9.53 Å². The van der Waals surface area contributed by atoms with Crippen molar-refractivity contribution in [2.24, 2.45) is 4.99 Å². The van der Waals surface area contributed by atoms with E-state index in [9.17, 15) is 4.79 Å². The molecule has 24 heavy (non-hydrogen) atoms. The van der Waals surface area contributed by atoms with E-state index in [1.54, 1.807) is 12.3 Å². The third kappa shape index (κ3) is 2.72. The maximum absolute atomic E-state index is 12.2. The molecule has 0 unspecified atom stereocenters. The summed E-state index contributed by atoms with van der Waals surface area (Å²) in [5.41, 5.74) is 3.60. The van der Waals surface area contributed by atoms with E-state index in [4.69, 9.17) is 4.74 Å². The number of allylic oxidation sites excluding steroid dienone is 1. The highest BCUT2D eigenvalue weighted by molar-refractivity contribution is 6.15. The van der Waals surface area contributed by atoms with Gasteiger partial charge in [-0.3, -0.25) is 4.79 Å². The van der Waals surface area contributed by atoms with Crippen LogP contribution >= 0.6 is 0 Å². The predicted molar refractivity (Wildman–Crippen MR) is 93.1 cm³/mol. The minimum atomic E-state index is -0.0703. The lowest BCUT2D eigenvalue weighted by molar-refractivity contribution is -0.114. The Kier molecular flexibility index (Phi) is 3.46. The third-order valence-corrected chi connectivity index (χ3v) is 3.87. The largest absolute Gasteiger partial charge is 0.439 e. The highest BCUT2D eigenvalue weighted by Crippen LogP contribution is 2.25. The number of nitrogens with one attached hydrogen (secondary N) is 1.